The van der Waals surface area contributed by atoms with Gasteiger partial charge in [-0.3, -0.25) is 0 Å². The molecule has 182 valence electrons. The summed E-state index contributed by atoms with van der Waals surface area (Å²) in [4.78, 5) is 0. The van der Waals surface area contributed by atoms with Crippen LogP contribution in [0.25, 0.3) is 0 Å². The number of hydrogen-bond donors (Lipinski definition) is 2. The number of hydrogen-bond acceptors (Lipinski definition) is 2. The van der Waals surface area contributed by atoms with Gasteiger partial charge in [-0.15, -0.1) is 0 Å². The zero-order valence-corrected chi connectivity index (χ0v) is 12.6. The molecule has 0 unspecified atom stereocenters. The van der Waals surface area contributed by atoms with E-state index in [1.165, 1.54) is 0 Å². The molecule has 0 saturated heterocycles. The average molecular weight is 501 g/mol. The summed E-state index contributed by atoms with van der Waals surface area (Å²) < 4.78 is 239. The third-order valence-electron chi connectivity index (χ3n) is 3.04. The average Bonchev–Trinajstić information content (AvgIpc) is 2.41. The van der Waals surface area contributed by atoms with Gasteiger partial charge in [-0.05, 0) is 0 Å². The number of nitrogens with one attached hydrogen (secondary N) is 1. The molecule has 2 N–H and O–H groups in total. The minimum atomic E-state index is -8.86. The van der Waals surface area contributed by atoms with Crippen LogP contribution in [0.3, 0.4) is 0 Å². The lowest BCUT2D eigenvalue weighted by atomic mass is 9.90. The highest BCUT2D eigenvalue weighted by atomic mass is 19.4. The van der Waals surface area contributed by atoms with Crippen molar-refractivity contribution in [2.75, 3.05) is 0 Å². The third-order valence-corrected chi connectivity index (χ3v) is 3.04. The van der Waals surface area contributed by atoms with Crippen LogP contribution in [-0.2, 0) is 0 Å². The maximum atomic E-state index is 13.1. The molecule has 0 bridgehead atoms. The molecule has 0 aliphatic heterocycles. The van der Waals surface area contributed by atoms with E-state index in [-0.39, 0.29) is 0 Å². The summed E-state index contributed by atoms with van der Waals surface area (Å²) in [5.74, 6) is -51.5. The Kier molecular flexibility index (Phi) is 6.47. The Hall–Kier alpha value is -1.41. The van der Waals surface area contributed by atoms with Gasteiger partial charge in [0.2, 0.25) is 0 Å². The zero-order chi connectivity index (χ0) is 25.2. The van der Waals surface area contributed by atoms with Crippen LogP contribution in [0.4, 0.5) is 83.4 Å². The first kappa shape index (κ1) is 28.6. The van der Waals surface area contributed by atoms with Crippen LogP contribution in [-0.4, -0.2) is 59.1 Å². The molecule has 0 spiro atoms. The van der Waals surface area contributed by atoms with Gasteiger partial charge in [0.25, 0.3) is 0 Å². The zero-order valence-electron chi connectivity index (χ0n) is 12.6. The highest BCUT2D eigenvalue weighted by Gasteiger charge is 2.95. The molecule has 0 atom stereocenters. The van der Waals surface area contributed by atoms with E-state index in [0.717, 1.165) is 0 Å². The Morgan fingerprint density at radius 1 is 0.367 bits per heavy atom. The van der Waals surface area contributed by atoms with Crippen molar-refractivity contribution >= 4 is 0 Å². The fourth-order valence-electron chi connectivity index (χ4n) is 1.43. The van der Waals surface area contributed by atoms with Gasteiger partial charge in [0.05, 0.1) is 0 Å². The fourth-order valence-corrected chi connectivity index (χ4v) is 1.43. The van der Waals surface area contributed by atoms with E-state index in [9.17, 15) is 83.4 Å². The molecular weight excluding hydrogens is 499 g/mol. The second-order valence-corrected chi connectivity index (χ2v) is 5.18. The highest BCUT2D eigenvalue weighted by Crippen LogP contribution is 2.63. The molecule has 0 aliphatic carbocycles. The second-order valence-electron chi connectivity index (χ2n) is 5.18. The van der Waals surface area contributed by atoms with Gasteiger partial charge in [-0.2, -0.15) is 88.7 Å². The molecule has 0 saturated carbocycles. The first-order chi connectivity index (χ1) is 12.5. The van der Waals surface area contributed by atoms with Crippen LogP contribution in [0.15, 0.2) is 0 Å². The van der Waals surface area contributed by atoms with Crippen LogP contribution >= 0.6 is 0 Å². The summed E-state index contributed by atoms with van der Waals surface area (Å²) >= 11 is 0. The molecule has 0 aromatic rings. The number of rotatable bonds is 8. The molecule has 0 radical (unpaired) electrons. The maximum Gasteiger partial charge on any atom is 0.462 e. The van der Waals surface area contributed by atoms with Gasteiger partial charge in [-0.25, -0.2) is 0 Å². The van der Waals surface area contributed by atoms with Gasteiger partial charge >= 0.3 is 54.0 Å². The van der Waals surface area contributed by atoms with Gasteiger partial charge in [-0.1, -0.05) is 0 Å². The Morgan fingerprint density at radius 2 is 0.600 bits per heavy atom. The van der Waals surface area contributed by atoms with Crippen molar-refractivity contribution in [3.05, 3.63) is 0 Å². The molecular formula is C9H2F19NO. The number of alkyl halides is 19. The predicted molar refractivity (Wildman–Crippen MR) is 51.0 cm³/mol. The van der Waals surface area contributed by atoms with Crippen molar-refractivity contribution in [2.24, 2.45) is 0 Å². The van der Waals surface area contributed by atoms with Crippen molar-refractivity contribution in [1.82, 2.24) is 5.32 Å². The van der Waals surface area contributed by atoms with Crippen molar-refractivity contribution < 1.29 is 88.5 Å². The Balaban J connectivity index is 6.70. The summed E-state index contributed by atoms with van der Waals surface area (Å²) in [5, 5.41) is 5.72. The summed E-state index contributed by atoms with van der Waals surface area (Å²) in [6, 6.07) is -7.67. The van der Waals surface area contributed by atoms with Crippen LogP contribution in [0.1, 0.15) is 0 Å². The van der Waals surface area contributed by atoms with E-state index >= 15 is 0 Å². The highest BCUT2D eigenvalue weighted by molar-refractivity contribution is 5.14. The molecule has 0 rings (SSSR count). The number of halogens is 19. The third kappa shape index (κ3) is 3.81. The standard InChI is InChI=1S/C9H2F19NO/c10-1(11,2(12,13)4(16,17)6(20,21)8(24,25)30)3(14,15)5(18,19)7(22,23)29-9(26,27)28/h29-30H. The molecule has 30 heavy (non-hydrogen) atoms. The van der Waals surface area contributed by atoms with E-state index in [2.05, 4.69) is 0 Å². The minimum absolute atomic E-state index is 1.68. The lowest BCUT2D eigenvalue weighted by Crippen LogP contribution is -2.76. The van der Waals surface area contributed by atoms with Crippen molar-refractivity contribution in [2.45, 2.75) is 54.0 Å². The van der Waals surface area contributed by atoms with Crippen LogP contribution in [0, 0.1) is 0 Å². The smallest absolute Gasteiger partial charge is 0.331 e. The molecule has 21 heteroatoms. The lowest BCUT2D eigenvalue weighted by molar-refractivity contribution is -0.471. The summed E-state index contributed by atoms with van der Waals surface area (Å²) in [6.45, 7) is 0. The van der Waals surface area contributed by atoms with Crippen molar-refractivity contribution in [3.8, 4) is 0 Å². The monoisotopic (exact) mass is 501 g/mol. The van der Waals surface area contributed by atoms with Crippen LogP contribution in [0.2, 0.25) is 0 Å². The minimum Gasteiger partial charge on any atom is -0.331 e. The van der Waals surface area contributed by atoms with E-state index in [0.29, 0.717) is 0 Å². The number of aliphatic hydroxyl groups is 1. The van der Waals surface area contributed by atoms with Crippen molar-refractivity contribution in [1.29, 1.82) is 0 Å². The largest absolute Gasteiger partial charge is 0.462 e. The van der Waals surface area contributed by atoms with Gasteiger partial charge in [0.1, 0.15) is 0 Å². The Bertz CT molecular complexity index is 627. The molecule has 0 aromatic carbocycles. The Morgan fingerprint density at radius 3 is 0.833 bits per heavy atom. The normalized spacial score (nSPS) is 16.8. The second kappa shape index (κ2) is 6.79. The summed E-state index contributed by atoms with van der Waals surface area (Å²) in [6.07, 6.45) is -14.2. The maximum absolute atomic E-state index is 13.1. The van der Waals surface area contributed by atoms with Gasteiger partial charge in [0.15, 0.2) is 0 Å². The van der Waals surface area contributed by atoms with Crippen LogP contribution < -0.4 is 5.32 Å². The Labute approximate surface area is 149 Å². The predicted octanol–water partition coefficient (Wildman–Crippen LogP) is 5.09. The van der Waals surface area contributed by atoms with Gasteiger partial charge in [0, 0.05) is 0 Å². The van der Waals surface area contributed by atoms with E-state index in [1.807, 2.05) is 0 Å². The van der Waals surface area contributed by atoms with Crippen LogP contribution in [0.5, 0.6) is 0 Å². The quantitative estimate of drug-likeness (QED) is 0.359. The molecule has 0 heterocycles. The first-order valence-corrected chi connectivity index (χ1v) is 6.06. The SMILES string of the molecule is OC(F)(F)C(F)(F)C(F)(F)C(F)(F)C(F)(F)C(F)(F)C(F)(F)C(F)(F)NC(F)(F)F. The molecule has 0 amide bonds. The molecule has 0 fully saturated rings. The molecule has 2 nitrogen and oxygen atoms in total. The lowest BCUT2D eigenvalue weighted by Gasteiger charge is -2.43. The first-order valence-electron chi connectivity index (χ1n) is 6.06. The van der Waals surface area contributed by atoms with Gasteiger partial charge < -0.3 is 5.11 Å². The molecule has 0 aliphatic rings. The summed E-state index contributed by atoms with van der Waals surface area (Å²) in [7, 11) is 0. The fraction of sp³-hybridized carbons (Fsp3) is 1.00. The van der Waals surface area contributed by atoms with E-state index in [4.69, 9.17) is 5.11 Å². The van der Waals surface area contributed by atoms with E-state index in [1.54, 1.807) is 0 Å². The summed E-state index contributed by atoms with van der Waals surface area (Å²) in [5.41, 5.74) is 0. The topological polar surface area (TPSA) is 32.3 Å². The van der Waals surface area contributed by atoms with Crippen molar-refractivity contribution in [3.63, 3.8) is 0 Å². The van der Waals surface area contributed by atoms with E-state index < -0.39 is 59.3 Å². The molecule has 0 aromatic heterocycles.